The maximum Gasteiger partial charge on any atom is 0.0991 e. The number of nitrogens with zero attached hydrogens (tertiary/aromatic N) is 2. The summed E-state index contributed by atoms with van der Waals surface area (Å²) in [6.45, 7) is 3.07. The van der Waals surface area contributed by atoms with E-state index in [1.807, 2.05) is 28.4 Å². The topological polar surface area (TPSA) is 29.9 Å². The molecule has 102 valence electrons. The molecule has 0 saturated heterocycles. The predicted molar refractivity (Wildman–Crippen MR) is 84.6 cm³/mol. The molecule has 0 bridgehead atoms. The lowest BCUT2D eigenvalue weighted by Crippen LogP contribution is -1.98. The van der Waals surface area contributed by atoms with Gasteiger partial charge in [-0.15, -0.1) is 11.3 Å². The van der Waals surface area contributed by atoms with Crippen molar-refractivity contribution in [3.63, 3.8) is 0 Å². The molecule has 3 aromatic rings. The molecule has 20 heavy (non-hydrogen) atoms. The van der Waals surface area contributed by atoms with Crippen molar-refractivity contribution in [1.82, 2.24) is 9.55 Å². The molecule has 0 fully saturated rings. The molecule has 0 amide bonds. The highest BCUT2D eigenvalue weighted by Gasteiger charge is 2.00. The Morgan fingerprint density at radius 2 is 2.10 bits per heavy atom. The van der Waals surface area contributed by atoms with Crippen molar-refractivity contribution in [3.8, 4) is 5.69 Å². The fourth-order valence-corrected chi connectivity index (χ4v) is 2.98. The lowest BCUT2D eigenvalue weighted by atomic mass is 10.2. The van der Waals surface area contributed by atoms with E-state index in [4.69, 9.17) is 0 Å². The number of hydrogen-bond donors (Lipinski definition) is 1. The maximum absolute atomic E-state index is 4.08. The first kappa shape index (κ1) is 12.9. The Balaban J connectivity index is 1.70. The number of rotatable bonds is 5. The second-order valence-corrected chi connectivity index (χ2v) is 5.85. The van der Waals surface area contributed by atoms with Gasteiger partial charge < -0.3 is 9.88 Å². The minimum absolute atomic E-state index is 0.873. The van der Waals surface area contributed by atoms with Crippen molar-refractivity contribution in [2.75, 3.05) is 5.32 Å². The van der Waals surface area contributed by atoms with Gasteiger partial charge in [0, 0.05) is 40.1 Å². The van der Waals surface area contributed by atoms with E-state index in [0.717, 1.165) is 24.3 Å². The Labute approximate surface area is 122 Å². The van der Waals surface area contributed by atoms with Crippen LogP contribution in [0.2, 0.25) is 0 Å². The first-order valence-corrected chi connectivity index (χ1v) is 7.56. The van der Waals surface area contributed by atoms with Crippen molar-refractivity contribution in [2.24, 2.45) is 0 Å². The van der Waals surface area contributed by atoms with Crippen LogP contribution in [0, 0.1) is 0 Å². The standard InChI is InChI=1S/C16H17N3S/c1-2-15-6-7-16(20-15)11-18-13-4-3-5-14(10-13)19-9-8-17-12-19/h3-10,12,18H,2,11H2,1H3. The normalized spacial score (nSPS) is 10.7. The van der Waals surface area contributed by atoms with Crippen LogP contribution in [0.5, 0.6) is 0 Å². The molecule has 0 spiro atoms. The number of aryl methyl sites for hydroxylation is 1. The van der Waals surface area contributed by atoms with Gasteiger partial charge in [-0.25, -0.2) is 4.98 Å². The summed E-state index contributed by atoms with van der Waals surface area (Å²) in [5.74, 6) is 0. The Morgan fingerprint density at radius 1 is 1.20 bits per heavy atom. The summed E-state index contributed by atoms with van der Waals surface area (Å²) >= 11 is 1.88. The summed E-state index contributed by atoms with van der Waals surface area (Å²) in [6, 6.07) is 12.8. The molecular formula is C16H17N3S. The van der Waals surface area contributed by atoms with E-state index in [-0.39, 0.29) is 0 Å². The van der Waals surface area contributed by atoms with Gasteiger partial charge in [-0.3, -0.25) is 0 Å². The van der Waals surface area contributed by atoms with E-state index in [9.17, 15) is 0 Å². The number of anilines is 1. The molecule has 0 aliphatic rings. The lowest BCUT2D eigenvalue weighted by Gasteiger charge is -2.08. The summed E-state index contributed by atoms with van der Waals surface area (Å²) in [5, 5.41) is 3.48. The molecule has 0 aliphatic heterocycles. The molecule has 0 saturated carbocycles. The second kappa shape index (κ2) is 5.92. The highest BCUT2D eigenvalue weighted by atomic mass is 32.1. The van der Waals surface area contributed by atoms with Gasteiger partial charge in [-0.05, 0) is 36.8 Å². The molecule has 3 rings (SSSR count). The van der Waals surface area contributed by atoms with Crippen LogP contribution in [0.25, 0.3) is 5.69 Å². The van der Waals surface area contributed by atoms with E-state index in [1.165, 1.54) is 9.75 Å². The Kier molecular flexibility index (Phi) is 3.83. The van der Waals surface area contributed by atoms with Gasteiger partial charge >= 0.3 is 0 Å². The molecule has 2 aromatic heterocycles. The summed E-state index contributed by atoms with van der Waals surface area (Å²) in [7, 11) is 0. The van der Waals surface area contributed by atoms with Crippen LogP contribution in [0.1, 0.15) is 16.7 Å². The first-order valence-electron chi connectivity index (χ1n) is 6.75. The van der Waals surface area contributed by atoms with Crippen LogP contribution in [-0.2, 0) is 13.0 Å². The van der Waals surface area contributed by atoms with Crippen LogP contribution < -0.4 is 5.32 Å². The van der Waals surface area contributed by atoms with Crippen LogP contribution in [-0.4, -0.2) is 9.55 Å². The average Bonchev–Trinajstić information content (AvgIpc) is 3.17. The molecule has 0 aliphatic carbocycles. The van der Waals surface area contributed by atoms with Crippen molar-refractivity contribution in [3.05, 3.63) is 64.9 Å². The van der Waals surface area contributed by atoms with Crippen molar-refractivity contribution in [1.29, 1.82) is 0 Å². The summed E-state index contributed by atoms with van der Waals surface area (Å²) in [5.41, 5.74) is 2.25. The van der Waals surface area contributed by atoms with Gasteiger partial charge in [-0.1, -0.05) is 13.0 Å². The van der Waals surface area contributed by atoms with E-state index >= 15 is 0 Å². The zero-order valence-corrected chi connectivity index (χ0v) is 12.2. The Morgan fingerprint density at radius 3 is 2.85 bits per heavy atom. The number of benzene rings is 1. The molecule has 1 aromatic carbocycles. The smallest absolute Gasteiger partial charge is 0.0991 e. The number of aromatic nitrogens is 2. The molecule has 2 heterocycles. The third kappa shape index (κ3) is 2.91. The quantitative estimate of drug-likeness (QED) is 0.763. The third-order valence-corrected chi connectivity index (χ3v) is 4.41. The summed E-state index contributed by atoms with van der Waals surface area (Å²) in [4.78, 5) is 6.89. The van der Waals surface area contributed by atoms with Crippen LogP contribution in [0.15, 0.2) is 55.1 Å². The van der Waals surface area contributed by atoms with Gasteiger partial charge in [0.15, 0.2) is 0 Å². The first-order chi connectivity index (χ1) is 9.85. The van der Waals surface area contributed by atoms with Gasteiger partial charge in [0.2, 0.25) is 0 Å². The SMILES string of the molecule is CCc1ccc(CNc2cccc(-n3ccnc3)c2)s1. The molecule has 4 heteroatoms. The van der Waals surface area contributed by atoms with E-state index in [2.05, 4.69) is 53.6 Å². The maximum atomic E-state index is 4.08. The fourth-order valence-electron chi connectivity index (χ4n) is 2.08. The predicted octanol–water partition coefficient (Wildman–Crippen LogP) is 4.11. The number of hydrogen-bond acceptors (Lipinski definition) is 3. The van der Waals surface area contributed by atoms with E-state index < -0.39 is 0 Å². The highest BCUT2D eigenvalue weighted by molar-refractivity contribution is 7.12. The van der Waals surface area contributed by atoms with Gasteiger partial charge in [-0.2, -0.15) is 0 Å². The Hall–Kier alpha value is -2.07. The number of nitrogens with one attached hydrogen (secondary N) is 1. The largest absolute Gasteiger partial charge is 0.380 e. The average molecular weight is 283 g/mol. The lowest BCUT2D eigenvalue weighted by molar-refractivity contribution is 1.05. The molecular weight excluding hydrogens is 266 g/mol. The van der Waals surface area contributed by atoms with Gasteiger partial charge in [0.25, 0.3) is 0 Å². The Bertz CT molecular complexity index is 671. The molecule has 0 atom stereocenters. The summed E-state index contributed by atoms with van der Waals surface area (Å²) < 4.78 is 2.01. The molecule has 1 N–H and O–H groups in total. The minimum Gasteiger partial charge on any atom is -0.380 e. The van der Waals surface area contributed by atoms with Crippen molar-refractivity contribution in [2.45, 2.75) is 19.9 Å². The molecule has 3 nitrogen and oxygen atoms in total. The van der Waals surface area contributed by atoms with E-state index in [1.54, 1.807) is 6.20 Å². The van der Waals surface area contributed by atoms with Crippen LogP contribution in [0.4, 0.5) is 5.69 Å². The molecule has 0 unspecified atom stereocenters. The number of imidazole rings is 1. The van der Waals surface area contributed by atoms with Gasteiger partial charge in [0.1, 0.15) is 0 Å². The monoisotopic (exact) mass is 283 g/mol. The van der Waals surface area contributed by atoms with Crippen molar-refractivity contribution < 1.29 is 0 Å². The molecule has 0 radical (unpaired) electrons. The zero-order valence-electron chi connectivity index (χ0n) is 11.4. The zero-order chi connectivity index (χ0) is 13.8. The highest BCUT2D eigenvalue weighted by Crippen LogP contribution is 2.20. The van der Waals surface area contributed by atoms with Gasteiger partial charge in [0.05, 0.1) is 6.33 Å². The summed E-state index contributed by atoms with van der Waals surface area (Å²) in [6.07, 6.45) is 6.66. The second-order valence-electron chi connectivity index (χ2n) is 4.60. The fraction of sp³-hybridized carbons (Fsp3) is 0.188. The van der Waals surface area contributed by atoms with Crippen LogP contribution in [0.3, 0.4) is 0 Å². The third-order valence-electron chi connectivity index (χ3n) is 3.18. The number of thiophene rings is 1. The minimum atomic E-state index is 0.873. The van der Waals surface area contributed by atoms with Crippen LogP contribution >= 0.6 is 11.3 Å². The van der Waals surface area contributed by atoms with Crippen molar-refractivity contribution >= 4 is 17.0 Å². The van der Waals surface area contributed by atoms with E-state index in [0.29, 0.717) is 0 Å².